The van der Waals surface area contributed by atoms with E-state index in [0.29, 0.717) is 18.8 Å². The van der Waals surface area contributed by atoms with Crippen LogP contribution in [0.5, 0.6) is 0 Å². The molecule has 0 aromatic carbocycles. The van der Waals surface area contributed by atoms with Crippen molar-refractivity contribution in [3.8, 4) is 0 Å². The monoisotopic (exact) mass is 282 g/mol. The SMILES string of the molecule is C[C@@H]1C[C@H]2OC(=O)[C@@]3(CO)O[C@]4(C[C@@H]23)[C@H]1CC[C@@]4(C)O. The molecule has 0 amide bonds. The van der Waals surface area contributed by atoms with Gasteiger partial charge in [0.05, 0.1) is 12.2 Å². The summed E-state index contributed by atoms with van der Waals surface area (Å²) in [6.45, 7) is 3.62. The number of esters is 1. The molecule has 112 valence electrons. The van der Waals surface area contributed by atoms with Gasteiger partial charge >= 0.3 is 5.97 Å². The van der Waals surface area contributed by atoms with Crippen molar-refractivity contribution in [1.82, 2.24) is 0 Å². The van der Waals surface area contributed by atoms with Gasteiger partial charge in [0.25, 0.3) is 0 Å². The van der Waals surface area contributed by atoms with E-state index in [1.165, 1.54) is 0 Å². The number of ether oxygens (including phenoxy) is 2. The molecule has 5 heteroatoms. The molecule has 0 radical (unpaired) electrons. The first-order valence-electron chi connectivity index (χ1n) is 7.61. The van der Waals surface area contributed by atoms with Crippen LogP contribution in [0.25, 0.3) is 0 Å². The molecule has 4 aliphatic rings. The van der Waals surface area contributed by atoms with E-state index in [-0.39, 0.29) is 24.5 Å². The topological polar surface area (TPSA) is 76.0 Å². The van der Waals surface area contributed by atoms with Gasteiger partial charge in [-0.1, -0.05) is 6.92 Å². The maximum absolute atomic E-state index is 12.3. The number of rotatable bonds is 1. The van der Waals surface area contributed by atoms with E-state index in [1.807, 2.05) is 6.92 Å². The van der Waals surface area contributed by atoms with Crippen LogP contribution >= 0.6 is 0 Å². The molecule has 2 aliphatic heterocycles. The fraction of sp³-hybridized carbons (Fsp3) is 0.933. The van der Waals surface area contributed by atoms with Crippen molar-refractivity contribution in [3.05, 3.63) is 0 Å². The molecule has 7 atom stereocenters. The van der Waals surface area contributed by atoms with E-state index >= 15 is 0 Å². The van der Waals surface area contributed by atoms with Crippen molar-refractivity contribution in [2.75, 3.05) is 6.61 Å². The Hall–Kier alpha value is -0.650. The van der Waals surface area contributed by atoms with Crippen molar-refractivity contribution in [3.63, 3.8) is 0 Å². The maximum atomic E-state index is 12.3. The molecule has 2 N–H and O–H groups in total. The largest absolute Gasteiger partial charge is 0.460 e. The number of carbonyl (C=O) groups is 1. The summed E-state index contributed by atoms with van der Waals surface area (Å²) in [6, 6.07) is 0. The minimum Gasteiger partial charge on any atom is -0.460 e. The molecule has 0 unspecified atom stereocenters. The minimum absolute atomic E-state index is 0.128. The molecule has 2 aliphatic carbocycles. The van der Waals surface area contributed by atoms with Crippen LogP contribution in [0, 0.1) is 17.8 Å². The smallest absolute Gasteiger partial charge is 0.341 e. The summed E-state index contributed by atoms with van der Waals surface area (Å²) in [4.78, 5) is 12.3. The molecular weight excluding hydrogens is 260 g/mol. The molecule has 2 saturated heterocycles. The summed E-state index contributed by atoms with van der Waals surface area (Å²) in [7, 11) is 0. The lowest BCUT2D eigenvalue weighted by Crippen LogP contribution is -2.56. The van der Waals surface area contributed by atoms with Gasteiger partial charge in [-0.2, -0.15) is 0 Å². The van der Waals surface area contributed by atoms with Gasteiger partial charge in [-0.15, -0.1) is 0 Å². The van der Waals surface area contributed by atoms with Crippen LogP contribution in [0.2, 0.25) is 0 Å². The van der Waals surface area contributed by atoms with Gasteiger partial charge in [-0.3, -0.25) is 0 Å². The third-order valence-electron chi connectivity index (χ3n) is 6.52. The number of hydrogen-bond acceptors (Lipinski definition) is 5. The van der Waals surface area contributed by atoms with E-state index in [2.05, 4.69) is 6.92 Å². The van der Waals surface area contributed by atoms with E-state index in [4.69, 9.17) is 9.47 Å². The Morgan fingerprint density at radius 1 is 1.40 bits per heavy atom. The fourth-order valence-electron chi connectivity index (χ4n) is 5.42. The van der Waals surface area contributed by atoms with Crippen molar-refractivity contribution in [1.29, 1.82) is 0 Å². The maximum Gasteiger partial charge on any atom is 0.341 e. The lowest BCUT2D eigenvalue weighted by molar-refractivity contribution is -0.217. The molecule has 4 fully saturated rings. The lowest BCUT2D eigenvalue weighted by atomic mass is 9.75. The van der Waals surface area contributed by atoms with Crippen LogP contribution in [0.1, 0.15) is 39.5 Å². The Labute approximate surface area is 118 Å². The van der Waals surface area contributed by atoms with Gasteiger partial charge < -0.3 is 19.7 Å². The zero-order valence-electron chi connectivity index (χ0n) is 12.0. The summed E-state index contributed by atoms with van der Waals surface area (Å²) >= 11 is 0. The summed E-state index contributed by atoms with van der Waals surface area (Å²) in [5, 5.41) is 20.7. The second-order valence-electron chi connectivity index (χ2n) is 7.43. The fourth-order valence-corrected chi connectivity index (χ4v) is 5.42. The summed E-state index contributed by atoms with van der Waals surface area (Å²) in [5.74, 6) is 0.00828. The Kier molecular flexibility index (Phi) is 2.33. The zero-order valence-corrected chi connectivity index (χ0v) is 12.0. The first-order valence-corrected chi connectivity index (χ1v) is 7.61. The first-order chi connectivity index (χ1) is 9.36. The summed E-state index contributed by atoms with van der Waals surface area (Å²) in [6.07, 6.45) is 2.85. The predicted molar refractivity (Wildman–Crippen MR) is 68.7 cm³/mol. The Bertz CT molecular complexity index is 475. The Morgan fingerprint density at radius 3 is 2.85 bits per heavy atom. The van der Waals surface area contributed by atoms with Crippen molar-refractivity contribution in [2.24, 2.45) is 17.8 Å². The van der Waals surface area contributed by atoms with Crippen LogP contribution in [0.4, 0.5) is 0 Å². The molecule has 0 aromatic heterocycles. The van der Waals surface area contributed by atoms with Crippen molar-refractivity contribution in [2.45, 2.75) is 62.4 Å². The average Bonchev–Trinajstić information content (AvgIpc) is 2.91. The van der Waals surface area contributed by atoms with Crippen LogP contribution in [-0.4, -0.2) is 45.7 Å². The highest BCUT2D eigenvalue weighted by Crippen LogP contribution is 2.65. The summed E-state index contributed by atoms with van der Waals surface area (Å²) in [5.41, 5.74) is -2.88. The van der Waals surface area contributed by atoms with E-state index in [1.54, 1.807) is 0 Å². The molecule has 2 saturated carbocycles. The average molecular weight is 282 g/mol. The predicted octanol–water partition coefficient (Wildman–Crippen LogP) is 0.619. The van der Waals surface area contributed by atoms with Gasteiger partial charge in [0.1, 0.15) is 11.7 Å². The normalized spacial score (nSPS) is 60.3. The highest BCUT2D eigenvalue weighted by molar-refractivity contribution is 5.83. The number of aliphatic hydroxyl groups excluding tert-OH is 1. The highest BCUT2D eigenvalue weighted by Gasteiger charge is 2.76. The lowest BCUT2D eigenvalue weighted by Gasteiger charge is -2.43. The van der Waals surface area contributed by atoms with Gasteiger partial charge in [0, 0.05) is 5.92 Å². The third-order valence-corrected chi connectivity index (χ3v) is 6.52. The third kappa shape index (κ3) is 1.19. The molecular formula is C15H22O5. The molecule has 20 heavy (non-hydrogen) atoms. The standard InChI is InChI=1S/C15H22O5/c1-8-5-11-10-6-15(9(8)3-4-13(15,2)18)20-14(10,7-16)12(17)19-11/h8-11,16,18H,3-7H2,1-2H3/t8-,9+,10+,11-,13-,14+,15-/m1/s1. The Balaban J connectivity index is 1.88. The molecule has 5 nitrogen and oxygen atoms in total. The van der Waals surface area contributed by atoms with Gasteiger partial charge in [0.15, 0.2) is 5.60 Å². The van der Waals surface area contributed by atoms with Crippen LogP contribution in [0.3, 0.4) is 0 Å². The van der Waals surface area contributed by atoms with Crippen LogP contribution in [0.15, 0.2) is 0 Å². The van der Waals surface area contributed by atoms with Crippen molar-refractivity contribution >= 4 is 5.97 Å². The molecule has 1 spiro atoms. The minimum atomic E-state index is -1.24. The molecule has 2 heterocycles. The number of aliphatic hydroxyl groups is 2. The zero-order chi connectivity index (χ0) is 14.3. The van der Waals surface area contributed by atoms with E-state index in [0.717, 1.165) is 12.8 Å². The number of hydrogen-bond donors (Lipinski definition) is 2. The van der Waals surface area contributed by atoms with E-state index in [9.17, 15) is 15.0 Å². The summed E-state index contributed by atoms with van der Waals surface area (Å²) < 4.78 is 11.7. The van der Waals surface area contributed by atoms with Gasteiger partial charge in [0.2, 0.25) is 0 Å². The quantitative estimate of drug-likeness (QED) is 0.690. The van der Waals surface area contributed by atoms with Gasteiger partial charge in [-0.05, 0) is 44.4 Å². The second-order valence-corrected chi connectivity index (χ2v) is 7.43. The van der Waals surface area contributed by atoms with Crippen molar-refractivity contribution < 1.29 is 24.5 Å². The van der Waals surface area contributed by atoms with Gasteiger partial charge in [-0.25, -0.2) is 4.79 Å². The van der Waals surface area contributed by atoms with E-state index < -0.39 is 22.8 Å². The molecule has 4 rings (SSSR count). The molecule has 2 bridgehead atoms. The molecule has 0 aromatic rings. The second kappa shape index (κ2) is 3.57. The van der Waals surface area contributed by atoms with Crippen LogP contribution < -0.4 is 0 Å². The number of carbonyl (C=O) groups excluding carboxylic acids is 1. The Morgan fingerprint density at radius 2 is 2.15 bits per heavy atom. The highest BCUT2D eigenvalue weighted by atomic mass is 16.6. The first kappa shape index (κ1) is 13.0. The van der Waals surface area contributed by atoms with Crippen LogP contribution in [-0.2, 0) is 14.3 Å².